The lowest BCUT2D eigenvalue weighted by Crippen LogP contribution is -2.40. The van der Waals surface area contributed by atoms with E-state index >= 15 is 0 Å². The summed E-state index contributed by atoms with van der Waals surface area (Å²) in [5.41, 5.74) is 4.27. The first-order valence-corrected chi connectivity index (χ1v) is 10.9. The average Bonchev–Trinajstić information content (AvgIpc) is 2.79. The van der Waals surface area contributed by atoms with E-state index in [0.29, 0.717) is 16.7 Å². The predicted molar refractivity (Wildman–Crippen MR) is 125 cm³/mol. The number of nitrogens with one attached hydrogen (secondary N) is 2. The lowest BCUT2D eigenvalue weighted by Gasteiger charge is -2.33. The van der Waals surface area contributed by atoms with Gasteiger partial charge >= 0.3 is 0 Å². The maximum absolute atomic E-state index is 13.1. The van der Waals surface area contributed by atoms with Crippen molar-refractivity contribution in [2.24, 2.45) is 0 Å². The van der Waals surface area contributed by atoms with Crippen LogP contribution in [0.2, 0.25) is 5.02 Å². The van der Waals surface area contributed by atoms with Crippen LogP contribution in [0.25, 0.3) is 0 Å². The van der Waals surface area contributed by atoms with E-state index in [4.69, 9.17) is 16.3 Å². The molecule has 0 radical (unpaired) electrons. The molecule has 1 amide bonds. The SMILES string of the molecule is CC1(C)CNCc2cc(Nc3ncc4c(n3)OCN(c3c(Cl)cccc3C#N)C4=O)ccc21. The molecule has 2 N–H and O–H groups in total. The van der Waals surface area contributed by atoms with Gasteiger partial charge in [0.05, 0.1) is 16.3 Å². The first-order valence-electron chi connectivity index (χ1n) is 10.5. The fourth-order valence-electron chi connectivity index (χ4n) is 4.27. The monoisotopic (exact) mass is 460 g/mol. The number of halogens is 1. The molecule has 0 spiro atoms. The topological polar surface area (TPSA) is 103 Å². The van der Waals surface area contributed by atoms with Crippen molar-refractivity contribution in [3.05, 3.63) is 69.9 Å². The normalized spacial score (nSPS) is 16.3. The Bertz CT molecular complexity index is 1320. The van der Waals surface area contributed by atoms with Gasteiger partial charge in [0.2, 0.25) is 11.8 Å². The molecule has 0 saturated heterocycles. The summed E-state index contributed by atoms with van der Waals surface area (Å²) >= 11 is 6.27. The Labute approximate surface area is 196 Å². The fraction of sp³-hybridized carbons (Fsp3) is 0.250. The molecule has 8 nitrogen and oxygen atoms in total. The molecule has 0 fully saturated rings. The molecular formula is C24H21ClN6O2. The maximum atomic E-state index is 13.1. The van der Waals surface area contributed by atoms with Crippen LogP contribution in [0, 0.1) is 11.3 Å². The maximum Gasteiger partial charge on any atom is 0.268 e. The number of hydrogen-bond acceptors (Lipinski definition) is 7. The number of aromatic nitrogens is 2. The minimum Gasteiger partial charge on any atom is -0.455 e. The highest BCUT2D eigenvalue weighted by molar-refractivity contribution is 6.34. The van der Waals surface area contributed by atoms with Crippen LogP contribution in [0.4, 0.5) is 17.3 Å². The quantitative estimate of drug-likeness (QED) is 0.605. The van der Waals surface area contributed by atoms with Crippen molar-refractivity contribution in [2.45, 2.75) is 25.8 Å². The number of fused-ring (bicyclic) bond motifs is 2. The third-order valence-electron chi connectivity index (χ3n) is 5.91. The van der Waals surface area contributed by atoms with Crippen LogP contribution >= 0.6 is 11.6 Å². The lowest BCUT2D eigenvalue weighted by molar-refractivity contribution is 0.0932. The van der Waals surface area contributed by atoms with Crippen LogP contribution in [0.15, 0.2) is 42.6 Å². The molecule has 3 heterocycles. The van der Waals surface area contributed by atoms with Gasteiger partial charge in [-0.3, -0.25) is 9.69 Å². The third kappa shape index (κ3) is 3.75. The Morgan fingerprint density at radius 2 is 2.15 bits per heavy atom. The largest absolute Gasteiger partial charge is 0.455 e. The molecule has 0 unspecified atom stereocenters. The lowest BCUT2D eigenvalue weighted by atomic mass is 9.79. The smallest absolute Gasteiger partial charge is 0.268 e. The van der Waals surface area contributed by atoms with Gasteiger partial charge < -0.3 is 15.4 Å². The predicted octanol–water partition coefficient (Wildman–Crippen LogP) is 4.12. The number of benzene rings is 2. The van der Waals surface area contributed by atoms with Crippen molar-refractivity contribution < 1.29 is 9.53 Å². The summed E-state index contributed by atoms with van der Waals surface area (Å²) in [7, 11) is 0. The van der Waals surface area contributed by atoms with E-state index in [1.165, 1.54) is 22.2 Å². The molecule has 9 heteroatoms. The second kappa shape index (κ2) is 8.03. The number of carbonyl (C=O) groups excluding carboxylic acids is 1. The minimum absolute atomic E-state index is 0.0710. The number of nitrogens with zero attached hydrogens (tertiary/aromatic N) is 4. The van der Waals surface area contributed by atoms with Crippen LogP contribution in [-0.2, 0) is 12.0 Å². The zero-order valence-corrected chi connectivity index (χ0v) is 18.9. The number of amides is 1. The van der Waals surface area contributed by atoms with Gasteiger partial charge in [-0.15, -0.1) is 0 Å². The molecule has 0 bridgehead atoms. The summed E-state index contributed by atoms with van der Waals surface area (Å²) in [6.45, 7) is 6.07. The van der Waals surface area contributed by atoms with Crippen molar-refractivity contribution in [3.8, 4) is 11.9 Å². The van der Waals surface area contributed by atoms with E-state index in [1.807, 2.05) is 6.07 Å². The summed E-state index contributed by atoms with van der Waals surface area (Å²) in [6, 6.07) is 13.2. The molecule has 0 saturated carbocycles. The van der Waals surface area contributed by atoms with Gasteiger partial charge in [-0.1, -0.05) is 37.6 Å². The minimum atomic E-state index is -0.380. The van der Waals surface area contributed by atoms with E-state index < -0.39 is 0 Å². The van der Waals surface area contributed by atoms with E-state index in [-0.39, 0.29) is 35.1 Å². The Hall–Kier alpha value is -3.67. The van der Waals surface area contributed by atoms with E-state index in [9.17, 15) is 10.1 Å². The third-order valence-corrected chi connectivity index (χ3v) is 6.21. The molecular weight excluding hydrogens is 440 g/mol. The van der Waals surface area contributed by atoms with Crippen LogP contribution < -0.4 is 20.3 Å². The number of rotatable bonds is 3. The Morgan fingerprint density at radius 3 is 2.97 bits per heavy atom. The molecule has 0 atom stereocenters. The van der Waals surface area contributed by atoms with Crippen molar-refractivity contribution in [3.63, 3.8) is 0 Å². The van der Waals surface area contributed by atoms with Crippen LogP contribution in [-0.4, -0.2) is 29.2 Å². The highest BCUT2D eigenvalue weighted by Gasteiger charge is 2.32. The van der Waals surface area contributed by atoms with Gasteiger partial charge in [-0.25, -0.2) is 4.98 Å². The molecule has 2 aromatic carbocycles. The summed E-state index contributed by atoms with van der Waals surface area (Å²) in [4.78, 5) is 23.1. The van der Waals surface area contributed by atoms with E-state index in [1.54, 1.807) is 18.2 Å². The molecule has 2 aliphatic heterocycles. The molecule has 5 rings (SSSR count). The first-order chi connectivity index (χ1) is 15.9. The van der Waals surface area contributed by atoms with Gasteiger partial charge in [0.1, 0.15) is 11.6 Å². The summed E-state index contributed by atoms with van der Waals surface area (Å²) in [5.74, 6) is 0.128. The summed E-state index contributed by atoms with van der Waals surface area (Å²) in [6.07, 6.45) is 1.42. The number of hydrogen-bond donors (Lipinski definition) is 2. The van der Waals surface area contributed by atoms with Crippen LogP contribution in [0.1, 0.15) is 40.9 Å². The Kier molecular flexibility index (Phi) is 5.16. The highest BCUT2D eigenvalue weighted by Crippen LogP contribution is 2.35. The van der Waals surface area contributed by atoms with Crippen molar-refractivity contribution >= 4 is 34.8 Å². The van der Waals surface area contributed by atoms with Gasteiger partial charge in [-0.2, -0.15) is 10.2 Å². The molecule has 0 aliphatic carbocycles. The zero-order valence-electron chi connectivity index (χ0n) is 18.1. The molecule has 33 heavy (non-hydrogen) atoms. The summed E-state index contributed by atoms with van der Waals surface area (Å²) in [5, 5.41) is 16.3. The van der Waals surface area contributed by atoms with Gasteiger partial charge in [0.15, 0.2) is 6.73 Å². The van der Waals surface area contributed by atoms with Gasteiger partial charge in [0, 0.05) is 30.4 Å². The first kappa shape index (κ1) is 21.2. The Balaban J connectivity index is 1.40. The fourth-order valence-corrected chi connectivity index (χ4v) is 4.55. The standard InChI is InChI=1S/C24H21ClN6O2/c1-24(2)12-27-10-15-8-16(6-7-18(15)24)29-23-28-11-17-21(30-23)33-13-31(22(17)32)20-14(9-26)4-3-5-19(20)25/h3-8,11,27H,10,12-13H2,1-2H3,(H,28,29,30). The molecule has 3 aromatic rings. The van der Waals surface area contributed by atoms with E-state index in [2.05, 4.69) is 52.7 Å². The second-order valence-corrected chi connectivity index (χ2v) is 9.06. The van der Waals surface area contributed by atoms with Crippen molar-refractivity contribution in [2.75, 3.05) is 23.5 Å². The summed E-state index contributed by atoms with van der Waals surface area (Å²) < 4.78 is 5.75. The number of carbonyl (C=O) groups is 1. The van der Waals surface area contributed by atoms with Crippen molar-refractivity contribution in [1.82, 2.24) is 15.3 Å². The van der Waals surface area contributed by atoms with Gasteiger partial charge in [0.25, 0.3) is 5.91 Å². The van der Waals surface area contributed by atoms with E-state index in [0.717, 1.165) is 18.8 Å². The highest BCUT2D eigenvalue weighted by atomic mass is 35.5. The van der Waals surface area contributed by atoms with Gasteiger partial charge in [-0.05, 0) is 35.4 Å². The van der Waals surface area contributed by atoms with Crippen molar-refractivity contribution in [1.29, 1.82) is 5.26 Å². The molecule has 2 aliphatic rings. The van der Waals surface area contributed by atoms with Crippen LogP contribution in [0.5, 0.6) is 5.88 Å². The number of ether oxygens (including phenoxy) is 1. The Morgan fingerprint density at radius 1 is 1.30 bits per heavy atom. The number of nitriles is 1. The number of para-hydroxylation sites is 1. The zero-order chi connectivity index (χ0) is 23.2. The second-order valence-electron chi connectivity index (χ2n) is 8.65. The van der Waals surface area contributed by atoms with Crippen LogP contribution in [0.3, 0.4) is 0 Å². The molecule has 1 aromatic heterocycles. The number of anilines is 3. The average molecular weight is 461 g/mol. The molecule has 166 valence electrons.